The van der Waals surface area contributed by atoms with E-state index >= 15 is 0 Å². The molecule has 0 bridgehead atoms. The molecule has 0 aliphatic carbocycles. The first-order valence-electron chi connectivity index (χ1n) is 11.8. The van der Waals surface area contributed by atoms with Gasteiger partial charge in [-0.2, -0.15) is 4.98 Å². The van der Waals surface area contributed by atoms with E-state index in [1.165, 1.54) is 4.57 Å². The molecule has 5 rings (SSSR count). The SMILES string of the molecule is CNc1ncc2cc(-c3ccc(-c4cccc(C)n4)cc3Cl)c(=O)n(C(N3CCNCC3)[SH](=O)=O)c2n1. The first kappa shape index (κ1) is 25.3. The summed E-state index contributed by atoms with van der Waals surface area (Å²) in [5.74, 6) is 0.279. The summed E-state index contributed by atoms with van der Waals surface area (Å²) >= 11 is 6.71. The van der Waals surface area contributed by atoms with Crippen molar-refractivity contribution in [1.29, 1.82) is 0 Å². The van der Waals surface area contributed by atoms with Crippen LogP contribution >= 0.6 is 11.6 Å². The van der Waals surface area contributed by atoms with Crippen molar-refractivity contribution in [3.05, 3.63) is 69.7 Å². The van der Waals surface area contributed by atoms with E-state index in [1.54, 1.807) is 36.3 Å². The summed E-state index contributed by atoms with van der Waals surface area (Å²) in [6.07, 6.45) is 1.57. The van der Waals surface area contributed by atoms with E-state index in [9.17, 15) is 13.2 Å². The minimum absolute atomic E-state index is 0.229. The minimum Gasteiger partial charge on any atom is -0.357 e. The van der Waals surface area contributed by atoms with Crippen molar-refractivity contribution < 1.29 is 8.42 Å². The number of hydrogen-bond acceptors (Lipinski definition) is 9. The van der Waals surface area contributed by atoms with Gasteiger partial charge < -0.3 is 10.6 Å². The van der Waals surface area contributed by atoms with E-state index in [-0.39, 0.29) is 17.2 Å². The van der Waals surface area contributed by atoms with Crippen molar-refractivity contribution in [3.8, 4) is 22.4 Å². The Morgan fingerprint density at radius 1 is 1.08 bits per heavy atom. The number of aryl methyl sites for hydroxylation is 1. The fraction of sp³-hybridized carbons (Fsp3) is 0.280. The number of nitrogens with one attached hydrogen (secondary N) is 2. The standard InChI is InChI=1S/C25H26ClN7O3S/c1-15-4-3-5-21(30-15)16-6-7-18(20(26)13-16)19-12-17-14-29-24(27-2)31-22(17)33(23(19)34)25(37(35)36)32-10-8-28-9-11-32/h3-7,12-14,25,28,37H,8-11H2,1-2H3,(H,27,29,31). The van der Waals surface area contributed by atoms with Gasteiger partial charge in [0, 0.05) is 72.2 Å². The molecule has 0 spiro atoms. The summed E-state index contributed by atoms with van der Waals surface area (Å²) in [5, 5.41) is 6.94. The van der Waals surface area contributed by atoms with Gasteiger partial charge in [0.1, 0.15) is 0 Å². The van der Waals surface area contributed by atoms with E-state index in [4.69, 9.17) is 11.6 Å². The van der Waals surface area contributed by atoms with Crippen molar-refractivity contribution in [2.24, 2.45) is 0 Å². The molecule has 2 N–H and O–H groups in total. The van der Waals surface area contributed by atoms with Crippen molar-refractivity contribution >= 4 is 39.3 Å². The number of fused-ring (bicyclic) bond motifs is 1. The first-order chi connectivity index (χ1) is 17.9. The number of nitrogens with zero attached hydrogens (tertiary/aromatic N) is 5. The van der Waals surface area contributed by atoms with E-state index in [1.807, 2.05) is 31.2 Å². The molecule has 0 radical (unpaired) electrons. The molecule has 1 aliphatic rings. The van der Waals surface area contributed by atoms with Gasteiger partial charge in [-0.05, 0) is 31.2 Å². The van der Waals surface area contributed by atoms with Crippen molar-refractivity contribution in [2.75, 3.05) is 38.5 Å². The third-order valence-electron chi connectivity index (χ3n) is 6.34. The van der Waals surface area contributed by atoms with Crippen LogP contribution in [0.3, 0.4) is 0 Å². The van der Waals surface area contributed by atoms with Crippen LogP contribution in [-0.2, 0) is 10.7 Å². The first-order valence-corrected chi connectivity index (χ1v) is 13.4. The Labute approximate surface area is 220 Å². The number of aromatic nitrogens is 4. The molecule has 1 saturated heterocycles. The smallest absolute Gasteiger partial charge is 0.262 e. The number of hydrogen-bond donors (Lipinski definition) is 3. The van der Waals surface area contributed by atoms with Gasteiger partial charge in [0.2, 0.25) is 5.95 Å². The molecule has 1 atom stereocenters. The van der Waals surface area contributed by atoms with Crippen molar-refractivity contribution in [2.45, 2.75) is 12.4 Å². The maximum Gasteiger partial charge on any atom is 0.262 e. The fourth-order valence-corrected chi connectivity index (χ4v) is 5.73. The van der Waals surface area contributed by atoms with Crippen LogP contribution in [-0.4, -0.2) is 66.1 Å². The number of anilines is 1. The van der Waals surface area contributed by atoms with Gasteiger partial charge in [-0.1, -0.05) is 29.8 Å². The number of benzene rings is 1. The molecule has 37 heavy (non-hydrogen) atoms. The molecule has 1 aromatic carbocycles. The van der Waals surface area contributed by atoms with Crippen LogP contribution in [0, 0.1) is 6.92 Å². The van der Waals surface area contributed by atoms with Gasteiger partial charge >= 0.3 is 0 Å². The molecule has 192 valence electrons. The maximum atomic E-state index is 14.0. The molecule has 3 aromatic heterocycles. The predicted octanol–water partition coefficient (Wildman–Crippen LogP) is 2.50. The lowest BCUT2D eigenvalue weighted by Gasteiger charge is -2.33. The zero-order chi connectivity index (χ0) is 26.1. The quantitative estimate of drug-likeness (QED) is 0.317. The molecule has 0 saturated carbocycles. The van der Waals surface area contributed by atoms with Crippen molar-refractivity contribution in [3.63, 3.8) is 0 Å². The second-order valence-corrected chi connectivity index (χ2v) is 10.2. The predicted molar refractivity (Wildman–Crippen MR) is 146 cm³/mol. The summed E-state index contributed by atoms with van der Waals surface area (Å²) in [6.45, 7) is 4.07. The minimum atomic E-state index is -3.05. The largest absolute Gasteiger partial charge is 0.357 e. The Kier molecular flexibility index (Phi) is 7.20. The third kappa shape index (κ3) is 4.95. The monoisotopic (exact) mass is 539 g/mol. The zero-order valence-electron chi connectivity index (χ0n) is 20.3. The molecule has 1 unspecified atom stereocenters. The highest BCUT2D eigenvalue weighted by Crippen LogP contribution is 2.32. The molecule has 1 fully saturated rings. The molecule has 1 aliphatic heterocycles. The Hall–Kier alpha value is -3.38. The number of piperazine rings is 1. The highest BCUT2D eigenvalue weighted by molar-refractivity contribution is 7.72. The molecular formula is C25H26ClN7O3S. The van der Waals surface area contributed by atoms with Crippen LogP contribution in [0.15, 0.2) is 53.5 Å². The third-order valence-corrected chi connectivity index (χ3v) is 7.59. The van der Waals surface area contributed by atoms with E-state index in [2.05, 4.69) is 25.6 Å². The lowest BCUT2D eigenvalue weighted by molar-refractivity contribution is 0.179. The Morgan fingerprint density at radius 3 is 2.54 bits per heavy atom. The van der Waals surface area contributed by atoms with E-state index in [0.29, 0.717) is 42.2 Å². The van der Waals surface area contributed by atoms with Crippen LogP contribution in [0.5, 0.6) is 0 Å². The van der Waals surface area contributed by atoms with Crippen LogP contribution in [0.2, 0.25) is 5.02 Å². The highest BCUT2D eigenvalue weighted by Gasteiger charge is 2.29. The molecule has 4 heterocycles. The number of pyridine rings is 2. The fourth-order valence-electron chi connectivity index (χ4n) is 4.55. The second kappa shape index (κ2) is 10.5. The lowest BCUT2D eigenvalue weighted by Crippen LogP contribution is -2.49. The second-order valence-electron chi connectivity index (χ2n) is 8.73. The van der Waals surface area contributed by atoms with Crippen molar-refractivity contribution in [1.82, 2.24) is 29.7 Å². The average Bonchev–Trinajstić information content (AvgIpc) is 2.90. The lowest BCUT2D eigenvalue weighted by atomic mass is 10.0. The maximum absolute atomic E-state index is 14.0. The summed E-state index contributed by atoms with van der Waals surface area (Å²) < 4.78 is 26.5. The Bertz CT molecular complexity index is 1610. The van der Waals surface area contributed by atoms with E-state index < -0.39 is 21.8 Å². The molecule has 4 aromatic rings. The summed E-state index contributed by atoms with van der Waals surface area (Å²) in [6, 6.07) is 12.7. The molecule has 0 amide bonds. The van der Waals surface area contributed by atoms with Gasteiger partial charge in [0.25, 0.3) is 5.56 Å². The summed E-state index contributed by atoms with van der Waals surface area (Å²) in [7, 11) is -1.40. The van der Waals surface area contributed by atoms with E-state index in [0.717, 1.165) is 17.0 Å². The van der Waals surface area contributed by atoms with Gasteiger partial charge in [-0.15, -0.1) is 0 Å². The normalized spacial score (nSPS) is 15.2. The molecule has 12 heteroatoms. The topological polar surface area (TPSA) is 122 Å². The number of thiol groups is 1. The van der Waals surface area contributed by atoms with Gasteiger partial charge in [-0.25, -0.2) is 13.4 Å². The number of halogens is 1. The van der Waals surface area contributed by atoms with Gasteiger partial charge in [-0.3, -0.25) is 19.2 Å². The highest BCUT2D eigenvalue weighted by atomic mass is 35.5. The van der Waals surface area contributed by atoms with Crippen LogP contribution in [0.4, 0.5) is 5.95 Å². The Morgan fingerprint density at radius 2 is 1.86 bits per heavy atom. The molecule has 10 nitrogen and oxygen atoms in total. The van der Waals surface area contributed by atoms with Gasteiger partial charge in [0.05, 0.1) is 5.69 Å². The summed E-state index contributed by atoms with van der Waals surface area (Å²) in [4.78, 5) is 29.1. The molecular weight excluding hydrogens is 514 g/mol. The Balaban J connectivity index is 1.73. The van der Waals surface area contributed by atoms with Gasteiger partial charge in [0.15, 0.2) is 21.8 Å². The zero-order valence-corrected chi connectivity index (χ0v) is 22.0. The summed E-state index contributed by atoms with van der Waals surface area (Å²) in [5.41, 5.74) is 1.71. The number of rotatable bonds is 6. The van der Waals surface area contributed by atoms with Crippen LogP contribution in [0.1, 0.15) is 11.2 Å². The van der Waals surface area contributed by atoms with Crippen LogP contribution in [0.25, 0.3) is 33.4 Å². The average molecular weight is 540 g/mol. The van der Waals surface area contributed by atoms with Crippen LogP contribution < -0.4 is 16.2 Å².